The number of carbonyl (C=O) groups is 4. The molecule has 1 unspecified atom stereocenters. The van der Waals surface area contributed by atoms with E-state index in [1.54, 1.807) is 62.3 Å². The molecule has 1 aromatic rings. The molecule has 4 amide bonds. The van der Waals surface area contributed by atoms with Crippen LogP contribution in [0.3, 0.4) is 0 Å². The lowest BCUT2D eigenvalue weighted by Gasteiger charge is -2.23. The van der Waals surface area contributed by atoms with E-state index >= 15 is 0 Å². The van der Waals surface area contributed by atoms with Crippen molar-refractivity contribution in [1.29, 1.82) is 0 Å². The van der Waals surface area contributed by atoms with Crippen LogP contribution in [0.2, 0.25) is 0 Å². The Bertz CT molecular complexity index is 1100. The maximum Gasteiger partial charge on any atom is 0.414 e. The van der Waals surface area contributed by atoms with Crippen molar-refractivity contribution >= 4 is 30.1 Å². The third-order valence-corrected chi connectivity index (χ3v) is 5.25. The Morgan fingerprint density at radius 2 is 1.30 bits per heavy atom. The van der Waals surface area contributed by atoms with Gasteiger partial charge >= 0.3 is 18.3 Å². The van der Waals surface area contributed by atoms with Crippen LogP contribution >= 0.6 is 0 Å². The topological polar surface area (TPSA) is 156 Å². The summed E-state index contributed by atoms with van der Waals surface area (Å²) in [6.45, 7) is 20.0. The maximum atomic E-state index is 13.2. The number of hydrogen-bond donors (Lipinski definition) is 4. The van der Waals surface area contributed by atoms with Crippen LogP contribution < -0.4 is 21.3 Å². The number of carbonyl (C=O) groups excluding carboxylic acids is 4. The van der Waals surface area contributed by atoms with E-state index in [-0.39, 0.29) is 31.4 Å². The van der Waals surface area contributed by atoms with Crippen LogP contribution in [0, 0.1) is 0 Å². The van der Waals surface area contributed by atoms with Crippen LogP contribution in [0.25, 0.3) is 0 Å². The maximum absolute atomic E-state index is 13.2. The van der Waals surface area contributed by atoms with Crippen LogP contribution in [0.1, 0.15) is 106 Å². The van der Waals surface area contributed by atoms with E-state index in [9.17, 15) is 19.2 Å². The Kier molecular flexibility index (Phi) is 14.0. The average Bonchev–Trinajstić information content (AvgIpc) is 2.80. The summed E-state index contributed by atoms with van der Waals surface area (Å²) in [5.74, 6) is -0.212. The van der Waals surface area contributed by atoms with E-state index in [4.69, 9.17) is 14.2 Å². The number of guanidine groups is 1. The minimum Gasteiger partial charge on any atom is -0.444 e. The molecule has 12 nitrogen and oxygen atoms in total. The third-order valence-electron chi connectivity index (χ3n) is 5.25. The van der Waals surface area contributed by atoms with Crippen LogP contribution in [-0.2, 0) is 25.5 Å². The first-order valence-electron chi connectivity index (χ1n) is 14.5. The van der Waals surface area contributed by atoms with E-state index in [0.717, 1.165) is 11.1 Å². The van der Waals surface area contributed by atoms with Gasteiger partial charge in [-0.2, -0.15) is 0 Å². The minimum atomic E-state index is -0.917. The van der Waals surface area contributed by atoms with Crippen LogP contribution in [-0.4, -0.2) is 59.5 Å². The molecule has 0 aromatic heterocycles. The fraction of sp³-hybridized carbons (Fsp3) is 0.645. The molecule has 43 heavy (non-hydrogen) atoms. The van der Waals surface area contributed by atoms with Gasteiger partial charge in [-0.15, -0.1) is 0 Å². The first kappa shape index (κ1) is 37.2. The van der Waals surface area contributed by atoms with Gasteiger partial charge in [-0.1, -0.05) is 38.1 Å². The van der Waals surface area contributed by atoms with Gasteiger partial charge in [0.15, 0.2) is 0 Å². The molecular formula is C31H51N5O7. The Labute approximate surface area is 256 Å². The van der Waals surface area contributed by atoms with Crippen molar-refractivity contribution in [3.05, 3.63) is 35.4 Å². The van der Waals surface area contributed by atoms with Gasteiger partial charge in [0, 0.05) is 13.1 Å². The number of benzene rings is 1. The second-order valence-electron chi connectivity index (χ2n) is 13.4. The molecule has 0 fully saturated rings. The van der Waals surface area contributed by atoms with Crippen molar-refractivity contribution in [2.75, 3.05) is 6.54 Å². The molecule has 0 bridgehead atoms. The summed E-state index contributed by atoms with van der Waals surface area (Å²) in [5, 5.41) is 10.4. The van der Waals surface area contributed by atoms with E-state index in [0.29, 0.717) is 12.3 Å². The number of hydrogen-bond acceptors (Lipinski definition) is 8. The van der Waals surface area contributed by atoms with Gasteiger partial charge in [-0.25, -0.2) is 14.4 Å². The first-order chi connectivity index (χ1) is 19.6. The number of aliphatic imine (C=N–C) groups is 1. The molecule has 1 rings (SSSR count). The summed E-state index contributed by atoms with van der Waals surface area (Å²) in [7, 11) is 0. The molecule has 12 heteroatoms. The Hall–Kier alpha value is -3.83. The molecule has 242 valence electrons. The van der Waals surface area contributed by atoms with E-state index in [1.165, 1.54) is 0 Å². The predicted molar refractivity (Wildman–Crippen MR) is 166 cm³/mol. The van der Waals surface area contributed by atoms with E-state index in [2.05, 4.69) is 40.1 Å². The summed E-state index contributed by atoms with van der Waals surface area (Å²) in [6.07, 6.45) is -1.84. The molecule has 0 aliphatic heterocycles. The molecule has 0 aliphatic carbocycles. The zero-order valence-corrected chi connectivity index (χ0v) is 27.6. The number of alkyl carbamates (subject to hydrolysis) is 3. The standard InChI is InChI=1S/C31H51N5O7/c1-20(2)22-15-12-14-21(18-22)19-33-24(37)23(34-26(38)41-29(3,4)5)16-13-17-32-25(35-27(39)42-30(6,7)8)36-28(40)43-31(9,10)11/h12,14-15,18,20,23H,13,16-17,19H2,1-11H3,(H,33,37)(H,34,38)(H2,32,35,36,39,40). The highest BCUT2D eigenvalue weighted by Crippen LogP contribution is 2.16. The summed E-state index contributed by atoms with van der Waals surface area (Å²) in [4.78, 5) is 54.6. The van der Waals surface area contributed by atoms with Gasteiger partial charge in [0.25, 0.3) is 0 Å². The number of nitrogens with zero attached hydrogens (tertiary/aromatic N) is 1. The lowest BCUT2D eigenvalue weighted by molar-refractivity contribution is -0.123. The molecule has 4 N–H and O–H groups in total. The highest BCUT2D eigenvalue weighted by Gasteiger charge is 2.25. The van der Waals surface area contributed by atoms with Crippen molar-refractivity contribution in [3.8, 4) is 0 Å². The molecule has 0 saturated heterocycles. The number of rotatable bonds is 9. The van der Waals surface area contributed by atoms with Gasteiger partial charge in [-0.05, 0) is 92.2 Å². The third kappa shape index (κ3) is 17.7. The molecule has 1 aromatic carbocycles. The molecule has 0 spiro atoms. The smallest absolute Gasteiger partial charge is 0.414 e. The Morgan fingerprint density at radius 1 is 0.791 bits per heavy atom. The van der Waals surface area contributed by atoms with Gasteiger partial charge in [0.1, 0.15) is 22.8 Å². The van der Waals surface area contributed by atoms with E-state index in [1.807, 2.05) is 24.3 Å². The average molecular weight is 606 g/mol. The molecule has 1 atom stereocenters. The SMILES string of the molecule is CC(C)c1cccc(CNC(=O)C(CCCN=C(NC(=O)OC(C)(C)C)NC(=O)OC(C)(C)C)NC(=O)OC(C)(C)C)c1. The normalized spacial score (nSPS) is 12.5. The van der Waals surface area contributed by atoms with Gasteiger partial charge in [-0.3, -0.25) is 20.4 Å². The van der Waals surface area contributed by atoms with Crippen LogP contribution in [0.4, 0.5) is 14.4 Å². The van der Waals surface area contributed by atoms with Crippen molar-refractivity contribution in [3.63, 3.8) is 0 Å². The summed E-state index contributed by atoms with van der Waals surface area (Å²) in [5.41, 5.74) is -0.200. The second-order valence-corrected chi connectivity index (χ2v) is 13.4. The van der Waals surface area contributed by atoms with Crippen LogP contribution in [0.15, 0.2) is 29.3 Å². The Morgan fingerprint density at radius 3 is 1.79 bits per heavy atom. The molecule has 0 aliphatic rings. The van der Waals surface area contributed by atoms with Crippen molar-refractivity contribution < 1.29 is 33.4 Å². The highest BCUT2D eigenvalue weighted by molar-refractivity contribution is 6.01. The summed E-state index contributed by atoms with van der Waals surface area (Å²) in [6, 6.07) is 7.02. The zero-order valence-electron chi connectivity index (χ0n) is 27.6. The van der Waals surface area contributed by atoms with Crippen molar-refractivity contribution in [2.24, 2.45) is 4.99 Å². The minimum absolute atomic E-state index is 0.0944. The second kappa shape index (κ2) is 16.1. The summed E-state index contributed by atoms with van der Waals surface area (Å²) >= 11 is 0. The monoisotopic (exact) mass is 605 g/mol. The predicted octanol–water partition coefficient (Wildman–Crippen LogP) is 5.51. The molecule has 0 saturated carbocycles. The quantitative estimate of drug-likeness (QED) is 0.125. The fourth-order valence-electron chi connectivity index (χ4n) is 3.49. The first-order valence-corrected chi connectivity index (χ1v) is 14.5. The molecule has 0 heterocycles. The molecular weight excluding hydrogens is 554 g/mol. The lowest BCUT2D eigenvalue weighted by atomic mass is 10.0. The van der Waals surface area contributed by atoms with Crippen molar-refractivity contribution in [1.82, 2.24) is 21.3 Å². The largest absolute Gasteiger partial charge is 0.444 e. The number of amides is 4. The lowest BCUT2D eigenvalue weighted by Crippen LogP contribution is -2.48. The fourth-order valence-corrected chi connectivity index (χ4v) is 3.49. The van der Waals surface area contributed by atoms with Gasteiger partial charge in [0.2, 0.25) is 11.9 Å². The van der Waals surface area contributed by atoms with E-state index < -0.39 is 41.1 Å². The Balaban J connectivity index is 2.99. The zero-order chi connectivity index (χ0) is 33.0. The van der Waals surface area contributed by atoms with Crippen LogP contribution in [0.5, 0.6) is 0 Å². The highest BCUT2D eigenvalue weighted by atomic mass is 16.6. The van der Waals surface area contributed by atoms with Crippen molar-refractivity contribution in [2.45, 2.75) is 124 Å². The van der Waals surface area contributed by atoms with Gasteiger partial charge < -0.3 is 24.8 Å². The van der Waals surface area contributed by atoms with Gasteiger partial charge in [0.05, 0.1) is 0 Å². The number of nitrogens with one attached hydrogen (secondary N) is 4. The molecule has 0 radical (unpaired) electrons. The number of ether oxygens (including phenoxy) is 3. The summed E-state index contributed by atoms with van der Waals surface area (Å²) < 4.78 is 15.9.